The Bertz CT molecular complexity index is 771. The van der Waals surface area contributed by atoms with E-state index in [1.165, 1.54) is 0 Å². The molecule has 2 aliphatic rings. The van der Waals surface area contributed by atoms with Crippen LogP contribution in [0.4, 0.5) is 5.69 Å². The minimum absolute atomic E-state index is 0.0645. The van der Waals surface area contributed by atoms with E-state index in [0.717, 1.165) is 43.6 Å². The van der Waals surface area contributed by atoms with Crippen LogP contribution in [0.2, 0.25) is 0 Å². The molecular formula is C22H27N3O3. The summed E-state index contributed by atoms with van der Waals surface area (Å²) in [4.78, 5) is 28.6. The molecule has 148 valence electrons. The lowest BCUT2D eigenvalue weighted by atomic mass is 9.93. The van der Waals surface area contributed by atoms with Crippen molar-refractivity contribution in [2.24, 2.45) is 5.92 Å². The largest absolute Gasteiger partial charge is 0.466 e. The van der Waals surface area contributed by atoms with E-state index in [-0.39, 0.29) is 17.8 Å². The van der Waals surface area contributed by atoms with Crippen LogP contribution in [0.15, 0.2) is 35.9 Å². The molecule has 1 saturated heterocycles. The van der Waals surface area contributed by atoms with Gasteiger partial charge in [0.15, 0.2) is 0 Å². The van der Waals surface area contributed by atoms with Crippen LogP contribution in [0.5, 0.6) is 0 Å². The average molecular weight is 381 g/mol. The summed E-state index contributed by atoms with van der Waals surface area (Å²) in [5, 5.41) is 8.91. The fraction of sp³-hybridized carbons (Fsp3) is 0.500. The molecule has 3 rings (SSSR count). The number of hydrogen-bond acceptors (Lipinski definition) is 5. The molecule has 0 unspecified atom stereocenters. The van der Waals surface area contributed by atoms with Crippen molar-refractivity contribution in [3.8, 4) is 6.07 Å². The van der Waals surface area contributed by atoms with E-state index in [1.807, 2.05) is 35.2 Å². The number of amides is 1. The Kier molecular flexibility index (Phi) is 6.70. The Morgan fingerprint density at radius 2 is 1.89 bits per heavy atom. The fourth-order valence-corrected chi connectivity index (χ4v) is 3.86. The predicted molar refractivity (Wildman–Crippen MR) is 107 cm³/mol. The van der Waals surface area contributed by atoms with Crippen LogP contribution in [0, 0.1) is 17.2 Å². The van der Waals surface area contributed by atoms with Crippen molar-refractivity contribution in [3.05, 3.63) is 41.5 Å². The first-order valence-corrected chi connectivity index (χ1v) is 9.98. The number of piperidine rings is 1. The maximum absolute atomic E-state index is 12.9. The van der Waals surface area contributed by atoms with Crippen LogP contribution >= 0.6 is 0 Å². The zero-order chi connectivity index (χ0) is 19.9. The zero-order valence-electron chi connectivity index (χ0n) is 16.4. The van der Waals surface area contributed by atoms with Gasteiger partial charge in [0.2, 0.25) is 5.91 Å². The van der Waals surface area contributed by atoms with Gasteiger partial charge in [-0.05, 0) is 50.5 Å². The molecule has 2 heterocycles. The van der Waals surface area contributed by atoms with E-state index < -0.39 is 0 Å². The lowest BCUT2D eigenvalue weighted by Crippen LogP contribution is -2.44. The predicted octanol–water partition coefficient (Wildman–Crippen LogP) is 2.89. The Hall–Kier alpha value is -2.81. The number of carbonyl (C=O) groups is 2. The molecule has 0 saturated carbocycles. The van der Waals surface area contributed by atoms with Gasteiger partial charge < -0.3 is 14.5 Å². The highest BCUT2D eigenvalue weighted by Crippen LogP contribution is 2.26. The number of hydrogen-bond donors (Lipinski definition) is 0. The maximum Gasteiger partial charge on any atom is 0.309 e. The summed E-state index contributed by atoms with van der Waals surface area (Å²) in [6.45, 7) is 5.17. The Morgan fingerprint density at radius 3 is 2.46 bits per heavy atom. The molecule has 0 N–H and O–H groups in total. The first kappa shape index (κ1) is 19.9. The number of carbonyl (C=O) groups excluding carboxylic acids is 2. The van der Waals surface area contributed by atoms with Gasteiger partial charge in [0.25, 0.3) is 0 Å². The summed E-state index contributed by atoms with van der Waals surface area (Å²) in [5.74, 6) is 0.101. The van der Waals surface area contributed by atoms with Gasteiger partial charge in [-0.1, -0.05) is 11.6 Å². The molecule has 0 aliphatic carbocycles. The van der Waals surface area contributed by atoms with Crippen LogP contribution in [-0.2, 0) is 14.3 Å². The molecule has 6 nitrogen and oxygen atoms in total. The second-order valence-corrected chi connectivity index (χ2v) is 7.30. The van der Waals surface area contributed by atoms with Crippen LogP contribution in [0.3, 0.4) is 0 Å². The zero-order valence-corrected chi connectivity index (χ0v) is 16.4. The minimum Gasteiger partial charge on any atom is -0.466 e. The van der Waals surface area contributed by atoms with Gasteiger partial charge in [-0.3, -0.25) is 9.59 Å². The summed E-state index contributed by atoms with van der Waals surface area (Å²) in [6.07, 6.45) is 4.77. The van der Waals surface area contributed by atoms with E-state index in [9.17, 15) is 9.59 Å². The first-order valence-electron chi connectivity index (χ1n) is 9.98. The normalized spacial score (nSPS) is 17.6. The van der Waals surface area contributed by atoms with Crippen LogP contribution in [0.25, 0.3) is 0 Å². The summed E-state index contributed by atoms with van der Waals surface area (Å²) >= 11 is 0. The lowest BCUT2D eigenvalue weighted by molar-refractivity contribution is -0.142. The number of ether oxygens (including phenoxy) is 1. The van der Waals surface area contributed by atoms with Gasteiger partial charge in [0, 0.05) is 37.8 Å². The molecule has 6 heteroatoms. The lowest BCUT2D eigenvalue weighted by Gasteiger charge is -2.36. The Labute approximate surface area is 166 Å². The van der Waals surface area contributed by atoms with E-state index in [0.29, 0.717) is 31.7 Å². The molecule has 0 spiro atoms. The van der Waals surface area contributed by atoms with E-state index in [1.54, 1.807) is 6.92 Å². The van der Waals surface area contributed by atoms with Gasteiger partial charge >= 0.3 is 5.97 Å². The summed E-state index contributed by atoms with van der Waals surface area (Å²) in [6, 6.07) is 9.75. The van der Waals surface area contributed by atoms with Crippen molar-refractivity contribution in [3.63, 3.8) is 0 Å². The van der Waals surface area contributed by atoms with Crippen molar-refractivity contribution >= 4 is 17.6 Å². The topological polar surface area (TPSA) is 73.6 Å². The highest BCUT2D eigenvalue weighted by molar-refractivity contribution is 5.80. The second kappa shape index (κ2) is 9.41. The fourth-order valence-electron chi connectivity index (χ4n) is 3.86. The van der Waals surface area contributed by atoms with Crippen molar-refractivity contribution < 1.29 is 14.3 Å². The monoisotopic (exact) mass is 381 g/mol. The number of rotatable bonds is 5. The van der Waals surface area contributed by atoms with Gasteiger partial charge in [0.1, 0.15) is 0 Å². The molecule has 0 radical (unpaired) electrons. The van der Waals surface area contributed by atoms with Gasteiger partial charge in [0.05, 0.1) is 24.7 Å². The molecule has 0 bridgehead atoms. The van der Waals surface area contributed by atoms with Gasteiger partial charge in [-0.2, -0.15) is 5.26 Å². The summed E-state index contributed by atoms with van der Waals surface area (Å²) in [7, 11) is 0. The second-order valence-electron chi connectivity index (χ2n) is 7.30. The Morgan fingerprint density at radius 1 is 1.18 bits per heavy atom. The van der Waals surface area contributed by atoms with Gasteiger partial charge in [-0.25, -0.2) is 0 Å². The van der Waals surface area contributed by atoms with E-state index in [4.69, 9.17) is 10.00 Å². The van der Waals surface area contributed by atoms with Crippen molar-refractivity contribution in [1.82, 2.24) is 4.90 Å². The van der Waals surface area contributed by atoms with Crippen molar-refractivity contribution in [1.29, 1.82) is 5.26 Å². The standard InChI is InChI=1S/C22H27N3O3/c1-2-28-21(26)15-17-7-11-25(12-8-17)22(27)19-9-13-24(14-10-19)20-5-3-18(16-23)4-6-20/h3-7,19H,2,8-15H2,1H3. The molecule has 0 aromatic heterocycles. The molecular weight excluding hydrogens is 354 g/mol. The van der Waals surface area contributed by atoms with Crippen LogP contribution in [0.1, 0.15) is 38.2 Å². The van der Waals surface area contributed by atoms with Crippen molar-refractivity contribution in [2.45, 2.75) is 32.6 Å². The number of anilines is 1. The van der Waals surface area contributed by atoms with Crippen LogP contribution < -0.4 is 4.90 Å². The highest BCUT2D eigenvalue weighted by Gasteiger charge is 2.29. The molecule has 0 atom stereocenters. The number of nitriles is 1. The third kappa shape index (κ3) is 4.92. The third-order valence-corrected chi connectivity index (χ3v) is 5.50. The molecule has 1 fully saturated rings. The molecule has 1 amide bonds. The van der Waals surface area contributed by atoms with Crippen LogP contribution in [-0.4, -0.2) is 49.6 Å². The van der Waals surface area contributed by atoms with E-state index in [2.05, 4.69) is 11.0 Å². The van der Waals surface area contributed by atoms with Crippen molar-refractivity contribution in [2.75, 3.05) is 37.7 Å². The smallest absolute Gasteiger partial charge is 0.309 e. The quantitative estimate of drug-likeness (QED) is 0.579. The molecule has 28 heavy (non-hydrogen) atoms. The number of benzene rings is 1. The summed E-state index contributed by atoms with van der Waals surface area (Å²) in [5.41, 5.74) is 2.84. The summed E-state index contributed by atoms with van der Waals surface area (Å²) < 4.78 is 4.99. The highest BCUT2D eigenvalue weighted by atomic mass is 16.5. The first-order chi connectivity index (χ1) is 13.6. The van der Waals surface area contributed by atoms with E-state index >= 15 is 0 Å². The number of nitrogens with zero attached hydrogens (tertiary/aromatic N) is 3. The van der Waals surface area contributed by atoms with Gasteiger partial charge in [-0.15, -0.1) is 0 Å². The molecule has 2 aliphatic heterocycles. The SMILES string of the molecule is CCOC(=O)CC1=CCN(C(=O)C2CCN(c3ccc(C#N)cc3)CC2)CC1. The minimum atomic E-state index is -0.191. The number of esters is 1. The maximum atomic E-state index is 12.9. The molecule has 1 aromatic carbocycles. The third-order valence-electron chi connectivity index (χ3n) is 5.50. The Balaban J connectivity index is 1.48. The average Bonchev–Trinajstić information content (AvgIpc) is 2.74. The molecule has 1 aromatic rings.